The quantitative estimate of drug-likeness (QED) is 0.775. The summed E-state index contributed by atoms with van der Waals surface area (Å²) in [6.07, 6.45) is 3.16. The Morgan fingerprint density at radius 2 is 2.25 bits per heavy atom. The summed E-state index contributed by atoms with van der Waals surface area (Å²) < 4.78 is 0. The number of hydrogen-bond acceptors (Lipinski definition) is 4. The molecule has 0 spiro atoms. The zero-order chi connectivity index (χ0) is 12.0. The predicted octanol–water partition coefficient (Wildman–Crippen LogP) is 2.71. The van der Waals surface area contributed by atoms with Crippen molar-refractivity contribution < 1.29 is 0 Å². The maximum absolute atomic E-state index is 4.54. The second-order valence-corrected chi connectivity index (χ2v) is 5.00. The number of hydrogen-bond donors (Lipinski definition) is 1. The maximum atomic E-state index is 4.54. The van der Waals surface area contributed by atoms with E-state index >= 15 is 0 Å². The summed E-state index contributed by atoms with van der Waals surface area (Å²) in [5.74, 6) is 3.04. The van der Waals surface area contributed by atoms with E-state index < -0.39 is 0 Å². The molecule has 1 heterocycles. The van der Waals surface area contributed by atoms with Crippen molar-refractivity contribution in [3.05, 3.63) is 23.3 Å². The zero-order valence-electron chi connectivity index (χ0n) is 10.6. The molecule has 0 radical (unpaired) electrons. The van der Waals surface area contributed by atoms with Gasteiger partial charge in [0.2, 0.25) is 0 Å². The van der Waals surface area contributed by atoms with Crippen molar-refractivity contribution in [2.45, 2.75) is 39.0 Å². The lowest BCUT2D eigenvalue weighted by Crippen LogP contribution is -2.15. The number of rotatable bonds is 6. The molecule has 16 heavy (non-hydrogen) atoms. The second-order valence-electron chi connectivity index (χ2n) is 3.89. The van der Waals surface area contributed by atoms with Gasteiger partial charge in [0.05, 0.1) is 5.75 Å². The van der Waals surface area contributed by atoms with E-state index in [-0.39, 0.29) is 0 Å². The molecule has 1 unspecified atom stereocenters. The lowest BCUT2D eigenvalue weighted by Gasteiger charge is -2.13. The fraction of sp³-hybridized carbons (Fsp3) is 0.667. The van der Waals surface area contributed by atoms with Gasteiger partial charge >= 0.3 is 0 Å². The monoisotopic (exact) mass is 239 g/mol. The van der Waals surface area contributed by atoms with Gasteiger partial charge in [-0.05, 0) is 33.1 Å². The third-order valence-corrected chi connectivity index (χ3v) is 3.71. The highest BCUT2D eigenvalue weighted by atomic mass is 32.2. The molecule has 1 atom stereocenters. The first-order valence-corrected chi connectivity index (χ1v) is 6.92. The first-order chi connectivity index (χ1) is 7.69. The van der Waals surface area contributed by atoms with Gasteiger partial charge in [-0.3, -0.25) is 0 Å². The fourth-order valence-electron chi connectivity index (χ4n) is 1.48. The molecule has 0 amide bonds. The number of aromatic nitrogens is 2. The topological polar surface area (TPSA) is 37.8 Å². The van der Waals surface area contributed by atoms with Crippen LogP contribution in [0.2, 0.25) is 0 Å². The van der Waals surface area contributed by atoms with Gasteiger partial charge in [-0.2, -0.15) is 11.8 Å². The van der Waals surface area contributed by atoms with Crippen molar-refractivity contribution in [1.29, 1.82) is 0 Å². The van der Waals surface area contributed by atoms with Crippen molar-refractivity contribution in [1.82, 2.24) is 15.3 Å². The Hall–Kier alpha value is -0.610. The Labute approximate surface area is 102 Å². The summed E-state index contributed by atoms with van der Waals surface area (Å²) in [5.41, 5.74) is 2.27. The van der Waals surface area contributed by atoms with Crippen LogP contribution in [-0.2, 0) is 5.75 Å². The van der Waals surface area contributed by atoms with Crippen LogP contribution in [0.15, 0.2) is 6.20 Å². The van der Waals surface area contributed by atoms with E-state index in [1.165, 1.54) is 17.7 Å². The molecular formula is C12H21N3S. The minimum Gasteiger partial charge on any atom is -0.313 e. The smallest absolute Gasteiger partial charge is 0.138 e. The highest BCUT2D eigenvalue weighted by Gasteiger charge is 2.08. The first-order valence-electron chi connectivity index (χ1n) is 5.76. The van der Waals surface area contributed by atoms with E-state index in [0.29, 0.717) is 6.04 Å². The predicted molar refractivity (Wildman–Crippen MR) is 70.7 cm³/mol. The molecule has 0 aliphatic rings. The van der Waals surface area contributed by atoms with Crippen LogP contribution in [0.3, 0.4) is 0 Å². The molecule has 0 aliphatic heterocycles. The van der Waals surface area contributed by atoms with Gasteiger partial charge in [-0.25, -0.2) is 9.97 Å². The third kappa shape index (κ3) is 3.76. The summed E-state index contributed by atoms with van der Waals surface area (Å²) >= 11 is 1.89. The minimum absolute atomic E-state index is 0.317. The van der Waals surface area contributed by atoms with Crippen LogP contribution in [0.25, 0.3) is 0 Å². The number of thioether (sulfide) groups is 1. The first kappa shape index (κ1) is 13.5. The SMILES string of the molecule is CCCSCc1ncc(C(C)NC)c(C)n1. The van der Waals surface area contributed by atoms with Gasteiger partial charge in [0.25, 0.3) is 0 Å². The average molecular weight is 239 g/mol. The van der Waals surface area contributed by atoms with Gasteiger partial charge in [0.1, 0.15) is 5.82 Å². The fourth-order valence-corrected chi connectivity index (χ4v) is 2.24. The number of nitrogens with one attached hydrogen (secondary N) is 1. The molecular weight excluding hydrogens is 218 g/mol. The summed E-state index contributed by atoms with van der Waals surface area (Å²) in [4.78, 5) is 8.95. The van der Waals surface area contributed by atoms with Crippen molar-refractivity contribution in [2.75, 3.05) is 12.8 Å². The van der Waals surface area contributed by atoms with Crippen molar-refractivity contribution in [2.24, 2.45) is 0 Å². The molecule has 90 valence electrons. The average Bonchev–Trinajstić information content (AvgIpc) is 2.29. The third-order valence-electron chi connectivity index (χ3n) is 2.55. The second kappa shape index (κ2) is 6.86. The van der Waals surface area contributed by atoms with Gasteiger partial charge in [-0.1, -0.05) is 6.92 Å². The van der Waals surface area contributed by atoms with Crippen LogP contribution in [0.5, 0.6) is 0 Å². The van der Waals surface area contributed by atoms with Crippen LogP contribution in [-0.4, -0.2) is 22.8 Å². The lowest BCUT2D eigenvalue weighted by molar-refractivity contribution is 0.639. The van der Waals surface area contributed by atoms with E-state index in [9.17, 15) is 0 Å². The van der Waals surface area contributed by atoms with E-state index in [2.05, 4.69) is 36.1 Å². The van der Waals surface area contributed by atoms with Gasteiger partial charge in [-0.15, -0.1) is 0 Å². The van der Waals surface area contributed by atoms with E-state index in [1.54, 1.807) is 0 Å². The van der Waals surface area contributed by atoms with Crippen molar-refractivity contribution >= 4 is 11.8 Å². The molecule has 0 fully saturated rings. The maximum Gasteiger partial charge on any atom is 0.138 e. The Kier molecular flexibility index (Phi) is 5.77. The van der Waals surface area contributed by atoms with Gasteiger partial charge in [0, 0.05) is 23.5 Å². The molecule has 1 N–H and O–H groups in total. The number of nitrogens with zero attached hydrogens (tertiary/aromatic N) is 2. The van der Waals surface area contributed by atoms with E-state index in [1.807, 2.05) is 25.0 Å². The summed E-state index contributed by atoms with van der Waals surface area (Å²) in [7, 11) is 1.95. The Morgan fingerprint density at radius 1 is 1.50 bits per heavy atom. The van der Waals surface area contributed by atoms with Crippen LogP contribution in [0.1, 0.15) is 43.4 Å². The van der Waals surface area contributed by atoms with Crippen LogP contribution >= 0.6 is 11.8 Å². The Morgan fingerprint density at radius 3 is 2.81 bits per heavy atom. The molecule has 0 aliphatic carbocycles. The van der Waals surface area contributed by atoms with E-state index in [0.717, 1.165) is 17.3 Å². The molecule has 3 nitrogen and oxygen atoms in total. The molecule has 1 aromatic heterocycles. The molecule has 0 aromatic carbocycles. The van der Waals surface area contributed by atoms with Gasteiger partial charge in [0.15, 0.2) is 0 Å². The molecule has 4 heteroatoms. The summed E-state index contributed by atoms with van der Waals surface area (Å²) in [5, 5.41) is 3.21. The zero-order valence-corrected chi connectivity index (χ0v) is 11.4. The summed E-state index contributed by atoms with van der Waals surface area (Å²) in [6.45, 7) is 6.37. The minimum atomic E-state index is 0.317. The normalized spacial score (nSPS) is 12.8. The molecule has 0 saturated carbocycles. The highest BCUT2D eigenvalue weighted by molar-refractivity contribution is 7.98. The van der Waals surface area contributed by atoms with Crippen LogP contribution < -0.4 is 5.32 Å². The Balaban J connectivity index is 2.67. The van der Waals surface area contributed by atoms with Crippen molar-refractivity contribution in [3.63, 3.8) is 0 Å². The number of aryl methyl sites for hydroxylation is 1. The molecule has 0 saturated heterocycles. The molecule has 0 bridgehead atoms. The standard InChI is InChI=1S/C12H21N3S/c1-5-6-16-8-12-14-7-11(9(2)13-4)10(3)15-12/h7,9,13H,5-6,8H2,1-4H3. The molecule has 1 aromatic rings. The lowest BCUT2D eigenvalue weighted by atomic mass is 10.1. The molecule has 1 rings (SSSR count). The van der Waals surface area contributed by atoms with Crippen LogP contribution in [0, 0.1) is 6.92 Å². The highest BCUT2D eigenvalue weighted by Crippen LogP contribution is 2.16. The van der Waals surface area contributed by atoms with E-state index in [4.69, 9.17) is 0 Å². The Bertz CT molecular complexity index is 328. The largest absolute Gasteiger partial charge is 0.313 e. The van der Waals surface area contributed by atoms with Gasteiger partial charge < -0.3 is 5.32 Å². The van der Waals surface area contributed by atoms with Crippen molar-refractivity contribution in [3.8, 4) is 0 Å². The summed E-state index contributed by atoms with van der Waals surface area (Å²) in [6, 6.07) is 0.317. The van der Waals surface area contributed by atoms with Crippen LogP contribution in [0.4, 0.5) is 0 Å².